The maximum Gasteiger partial charge on any atom is 0.352 e. The summed E-state index contributed by atoms with van der Waals surface area (Å²) in [6.07, 6.45) is 0. The Labute approximate surface area is 132 Å². The van der Waals surface area contributed by atoms with Gasteiger partial charge in [-0.05, 0) is 30.6 Å². The van der Waals surface area contributed by atoms with E-state index in [9.17, 15) is 13.6 Å². The summed E-state index contributed by atoms with van der Waals surface area (Å²) in [7, 11) is 0. The third-order valence-corrected chi connectivity index (χ3v) is 3.75. The lowest BCUT2D eigenvalue weighted by Crippen LogP contribution is -2.05. The zero-order chi connectivity index (χ0) is 16.4. The van der Waals surface area contributed by atoms with Crippen molar-refractivity contribution < 1.29 is 22.8 Å². The van der Waals surface area contributed by atoms with Crippen LogP contribution in [-0.2, 0) is 11.3 Å². The van der Waals surface area contributed by atoms with E-state index in [-0.39, 0.29) is 17.9 Å². The first-order valence-electron chi connectivity index (χ1n) is 6.41. The molecule has 0 spiro atoms. The molecule has 0 saturated heterocycles. The Morgan fingerprint density at radius 1 is 1.35 bits per heavy atom. The zero-order valence-electron chi connectivity index (χ0n) is 11.7. The number of aromatic nitrogens is 3. The van der Waals surface area contributed by atoms with E-state index in [2.05, 4.69) is 14.7 Å². The van der Waals surface area contributed by atoms with Crippen molar-refractivity contribution in [2.75, 3.05) is 0 Å². The van der Waals surface area contributed by atoms with Crippen LogP contribution in [0.1, 0.15) is 21.1 Å². The van der Waals surface area contributed by atoms with Crippen molar-refractivity contribution in [3.8, 4) is 11.3 Å². The van der Waals surface area contributed by atoms with Crippen LogP contribution in [0.15, 0.2) is 28.8 Å². The normalized spacial score (nSPS) is 10.7. The number of esters is 1. The zero-order valence-corrected chi connectivity index (χ0v) is 12.6. The molecule has 0 atom stereocenters. The van der Waals surface area contributed by atoms with Gasteiger partial charge in [0.05, 0.1) is 11.3 Å². The van der Waals surface area contributed by atoms with Gasteiger partial charge in [0, 0.05) is 12.1 Å². The molecule has 2 heterocycles. The maximum atomic E-state index is 13.7. The maximum absolute atomic E-state index is 13.7. The van der Waals surface area contributed by atoms with Crippen LogP contribution in [0.4, 0.5) is 8.78 Å². The summed E-state index contributed by atoms with van der Waals surface area (Å²) in [6, 6.07) is 4.52. The summed E-state index contributed by atoms with van der Waals surface area (Å²) in [5.41, 5.74) is 0.848. The van der Waals surface area contributed by atoms with Crippen molar-refractivity contribution in [1.82, 2.24) is 14.7 Å². The number of carbonyl (C=O) groups excluding carboxylic acids is 1. The number of benzene rings is 1. The van der Waals surface area contributed by atoms with Gasteiger partial charge in [-0.2, -0.15) is 0 Å². The van der Waals surface area contributed by atoms with E-state index >= 15 is 0 Å². The molecule has 0 aliphatic rings. The van der Waals surface area contributed by atoms with Gasteiger partial charge in [-0.15, -0.1) is 5.10 Å². The predicted octanol–water partition coefficient (Wildman–Crippen LogP) is 3.14. The lowest BCUT2D eigenvalue weighted by atomic mass is 10.1. The number of halogens is 2. The van der Waals surface area contributed by atoms with Crippen LogP contribution in [0.3, 0.4) is 0 Å². The van der Waals surface area contributed by atoms with Crippen LogP contribution < -0.4 is 0 Å². The fourth-order valence-corrected chi connectivity index (χ4v) is 2.37. The van der Waals surface area contributed by atoms with Crippen LogP contribution in [0.25, 0.3) is 11.3 Å². The number of rotatable bonds is 4. The van der Waals surface area contributed by atoms with Crippen molar-refractivity contribution in [2.45, 2.75) is 13.5 Å². The molecule has 0 bridgehead atoms. The molecule has 0 radical (unpaired) electrons. The van der Waals surface area contributed by atoms with Crippen LogP contribution in [0.5, 0.6) is 0 Å². The van der Waals surface area contributed by atoms with Crippen molar-refractivity contribution in [2.24, 2.45) is 0 Å². The minimum atomic E-state index is -0.768. The number of hydrogen-bond donors (Lipinski definition) is 0. The molecule has 118 valence electrons. The first kappa shape index (κ1) is 15.2. The van der Waals surface area contributed by atoms with Crippen LogP contribution in [0.2, 0.25) is 0 Å². The molecule has 1 aromatic carbocycles. The minimum Gasteiger partial charge on any atom is -0.455 e. The monoisotopic (exact) mass is 337 g/mol. The van der Waals surface area contributed by atoms with Gasteiger partial charge in [0.15, 0.2) is 10.6 Å². The van der Waals surface area contributed by atoms with E-state index in [1.165, 1.54) is 12.1 Å². The molecule has 0 N–H and O–H groups in total. The van der Waals surface area contributed by atoms with E-state index in [0.717, 1.165) is 23.7 Å². The van der Waals surface area contributed by atoms with Gasteiger partial charge >= 0.3 is 5.97 Å². The van der Waals surface area contributed by atoms with Gasteiger partial charge in [0.1, 0.15) is 23.9 Å². The second-order valence-corrected chi connectivity index (χ2v) is 5.32. The summed E-state index contributed by atoms with van der Waals surface area (Å²) >= 11 is 0.934. The molecule has 2 aromatic heterocycles. The molecule has 0 saturated carbocycles. The van der Waals surface area contributed by atoms with Gasteiger partial charge < -0.3 is 9.26 Å². The topological polar surface area (TPSA) is 78.1 Å². The van der Waals surface area contributed by atoms with Gasteiger partial charge in [0.2, 0.25) is 0 Å². The summed E-state index contributed by atoms with van der Waals surface area (Å²) in [6.45, 7) is 1.49. The number of aryl methyl sites for hydroxylation is 1. The second kappa shape index (κ2) is 6.21. The fraction of sp³-hybridized carbons (Fsp3) is 0.143. The first-order valence-corrected chi connectivity index (χ1v) is 7.19. The first-order chi connectivity index (χ1) is 11.0. The average Bonchev–Trinajstić information content (AvgIpc) is 3.14. The average molecular weight is 337 g/mol. The Morgan fingerprint density at radius 2 is 2.17 bits per heavy atom. The predicted molar refractivity (Wildman–Crippen MR) is 75.6 cm³/mol. The fourth-order valence-electron chi connectivity index (χ4n) is 1.82. The molecule has 0 fully saturated rings. The summed E-state index contributed by atoms with van der Waals surface area (Å²) < 4.78 is 40.3. The number of ether oxygens (including phenoxy) is 1. The minimum absolute atomic E-state index is 0.0685. The Morgan fingerprint density at radius 3 is 2.87 bits per heavy atom. The summed E-state index contributed by atoms with van der Waals surface area (Å²) in [4.78, 5) is 12.1. The number of carbonyl (C=O) groups is 1. The van der Waals surface area contributed by atoms with E-state index in [0.29, 0.717) is 16.3 Å². The number of nitrogens with zero attached hydrogens (tertiary/aromatic N) is 3. The smallest absolute Gasteiger partial charge is 0.352 e. The standard InChI is InChI=1S/C14H9F2N3O3S/c1-7-13(23-19-17-7)14(20)21-6-9-5-12(22-18-9)10-3-2-8(15)4-11(10)16/h2-5H,6H2,1H3. The Kier molecular flexibility index (Phi) is 4.11. The molecule has 0 amide bonds. The SMILES string of the molecule is Cc1nnsc1C(=O)OCc1cc(-c2ccc(F)cc2F)on1. The summed E-state index contributed by atoms with van der Waals surface area (Å²) in [5.74, 6) is -1.91. The molecule has 3 aromatic rings. The highest BCUT2D eigenvalue weighted by molar-refractivity contribution is 7.07. The molecule has 0 aliphatic carbocycles. The number of hydrogen-bond acceptors (Lipinski definition) is 7. The second-order valence-electron chi connectivity index (χ2n) is 4.57. The highest BCUT2D eigenvalue weighted by atomic mass is 32.1. The van der Waals surface area contributed by atoms with Crippen molar-refractivity contribution >= 4 is 17.5 Å². The van der Waals surface area contributed by atoms with Gasteiger partial charge in [-0.3, -0.25) is 0 Å². The Bertz CT molecular complexity index is 863. The molecular weight excluding hydrogens is 328 g/mol. The highest BCUT2D eigenvalue weighted by Gasteiger charge is 2.17. The van der Waals surface area contributed by atoms with Crippen molar-refractivity contribution in [3.63, 3.8) is 0 Å². The van der Waals surface area contributed by atoms with Crippen LogP contribution in [-0.4, -0.2) is 20.7 Å². The highest BCUT2D eigenvalue weighted by Crippen LogP contribution is 2.24. The lowest BCUT2D eigenvalue weighted by Gasteiger charge is -1.99. The Balaban J connectivity index is 1.70. The van der Waals surface area contributed by atoms with E-state index < -0.39 is 17.6 Å². The van der Waals surface area contributed by atoms with Gasteiger partial charge in [0.25, 0.3) is 0 Å². The molecule has 0 unspecified atom stereocenters. The molecule has 23 heavy (non-hydrogen) atoms. The Hall–Kier alpha value is -2.68. The van der Waals surface area contributed by atoms with Crippen molar-refractivity contribution in [3.05, 3.63) is 52.2 Å². The molecule has 0 aliphatic heterocycles. The third kappa shape index (κ3) is 3.24. The molecular formula is C14H9F2N3O3S. The van der Waals surface area contributed by atoms with Crippen molar-refractivity contribution in [1.29, 1.82) is 0 Å². The molecule has 6 nitrogen and oxygen atoms in total. The van der Waals surface area contributed by atoms with Gasteiger partial charge in [-0.25, -0.2) is 13.6 Å². The van der Waals surface area contributed by atoms with E-state index in [1.807, 2.05) is 0 Å². The third-order valence-electron chi connectivity index (χ3n) is 2.94. The van der Waals surface area contributed by atoms with Gasteiger partial charge in [-0.1, -0.05) is 9.64 Å². The van der Waals surface area contributed by atoms with E-state index in [4.69, 9.17) is 9.26 Å². The molecule has 9 heteroatoms. The quantitative estimate of drug-likeness (QED) is 0.681. The molecule has 3 rings (SSSR count). The van der Waals surface area contributed by atoms with Crippen LogP contribution >= 0.6 is 11.5 Å². The van der Waals surface area contributed by atoms with E-state index in [1.54, 1.807) is 6.92 Å². The summed E-state index contributed by atoms with van der Waals surface area (Å²) in [5, 5.41) is 7.41. The lowest BCUT2D eigenvalue weighted by molar-refractivity contribution is 0.0469. The van der Waals surface area contributed by atoms with Crippen LogP contribution in [0, 0.1) is 18.6 Å². The largest absolute Gasteiger partial charge is 0.455 e.